The van der Waals surface area contributed by atoms with Crippen LogP contribution in [0.2, 0.25) is 0 Å². The summed E-state index contributed by atoms with van der Waals surface area (Å²) in [6, 6.07) is -0.540. The Morgan fingerprint density at radius 3 is 2.57 bits per heavy atom. The van der Waals surface area contributed by atoms with Crippen LogP contribution < -0.4 is 10.6 Å². The highest BCUT2D eigenvalue weighted by atomic mass is 19.4. The monoisotopic (exact) mass is 403 g/mol. The van der Waals surface area contributed by atoms with Crippen molar-refractivity contribution in [3.05, 3.63) is 18.0 Å². The van der Waals surface area contributed by atoms with Gasteiger partial charge < -0.3 is 25.4 Å². The Morgan fingerprint density at radius 1 is 1.32 bits per heavy atom. The largest absolute Gasteiger partial charge is 0.419 e. The summed E-state index contributed by atoms with van der Waals surface area (Å²) in [7, 11) is 0. The quantitative estimate of drug-likeness (QED) is 0.733. The smallest absolute Gasteiger partial charge is 0.389 e. The Labute approximate surface area is 160 Å². The first-order valence-electron chi connectivity index (χ1n) is 9.16. The molecule has 2 fully saturated rings. The molecule has 0 bridgehead atoms. The summed E-state index contributed by atoms with van der Waals surface area (Å²) in [6.45, 7) is 3.12. The fraction of sp³-hybridized carbons (Fsp3) is 0.706. The number of halogens is 3. The summed E-state index contributed by atoms with van der Waals surface area (Å²) in [5.41, 5.74) is 4.73. The molecule has 8 nitrogen and oxygen atoms in total. The third kappa shape index (κ3) is 4.53. The van der Waals surface area contributed by atoms with Crippen molar-refractivity contribution in [3.8, 4) is 0 Å². The van der Waals surface area contributed by atoms with Gasteiger partial charge in [0.05, 0.1) is 24.3 Å². The Bertz CT molecular complexity index is 686. The summed E-state index contributed by atoms with van der Waals surface area (Å²) in [4.78, 5) is 23.3. The molecule has 2 unspecified atom stereocenters. The molecule has 2 aliphatic heterocycles. The molecule has 1 amide bonds. The van der Waals surface area contributed by atoms with Crippen LogP contribution in [0.15, 0.2) is 12.4 Å². The molecule has 0 saturated carbocycles. The number of piperidine rings is 1. The van der Waals surface area contributed by atoms with Crippen molar-refractivity contribution in [1.29, 1.82) is 0 Å². The fourth-order valence-corrected chi connectivity index (χ4v) is 3.52. The number of hydrogen-bond acceptors (Lipinski definition) is 7. The van der Waals surface area contributed by atoms with E-state index in [1.54, 1.807) is 16.7 Å². The second-order valence-corrected chi connectivity index (χ2v) is 7.26. The molecule has 0 radical (unpaired) electrons. The molecular weight excluding hydrogens is 379 g/mol. The van der Waals surface area contributed by atoms with Gasteiger partial charge in [0.2, 0.25) is 5.95 Å². The van der Waals surface area contributed by atoms with E-state index in [1.165, 1.54) is 0 Å². The predicted octanol–water partition coefficient (Wildman–Crippen LogP) is 0.400. The number of likely N-dealkylation sites (tertiary alicyclic amines) is 1. The predicted molar refractivity (Wildman–Crippen MR) is 93.4 cm³/mol. The molecule has 3 heterocycles. The molecule has 0 aromatic carbocycles. The molecule has 3 N–H and O–H groups in total. The Kier molecular flexibility index (Phi) is 6.06. The minimum atomic E-state index is -4.50. The Hall–Kier alpha value is -1.98. The van der Waals surface area contributed by atoms with Crippen LogP contribution in [0, 0.1) is 0 Å². The topological polar surface area (TPSA) is 105 Å². The number of nitrogens with two attached hydrogens (primary N) is 1. The first kappa shape index (κ1) is 20.7. The number of ether oxygens (including phenoxy) is 1. The second kappa shape index (κ2) is 8.18. The summed E-state index contributed by atoms with van der Waals surface area (Å²) in [5, 5.41) is 10.5. The zero-order valence-corrected chi connectivity index (χ0v) is 15.5. The third-order valence-corrected chi connectivity index (χ3v) is 4.95. The highest BCUT2D eigenvalue weighted by molar-refractivity contribution is 5.83. The van der Waals surface area contributed by atoms with Crippen LogP contribution >= 0.6 is 0 Å². The zero-order valence-electron chi connectivity index (χ0n) is 15.5. The number of nitrogens with zero attached hydrogens (tertiary/aromatic N) is 4. The van der Waals surface area contributed by atoms with Crippen LogP contribution in [0.4, 0.5) is 19.1 Å². The van der Waals surface area contributed by atoms with Gasteiger partial charge in [0.1, 0.15) is 6.10 Å². The second-order valence-electron chi connectivity index (χ2n) is 7.26. The fourth-order valence-electron chi connectivity index (χ4n) is 3.52. The summed E-state index contributed by atoms with van der Waals surface area (Å²) in [5.74, 6) is -0.0414. The van der Waals surface area contributed by atoms with Gasteiger partial charge in [0.25, 0.3) is 5.91 Å². The lowest BCUT2D eigenvalue weighted by molar-refractivity contribution is -0.141. The molecule has 0 spiro atoms. The molecule has 11 heteroatoms. The molecule has 1 aromatic heterocycles. The van der Waals surface area contributed by atoms with E-state index in [1.807, 2.05) is 0 Å². The standard InChI is InChI=1S/C17H24F3N5O3/c1-10(21)9-28-14-3-5-25(15(14)27)12-2-4-24(8-13(12)26)16-22-6-11(7-23-16)17(18,19)20/h6-7,10,12-14,26H,2-5,8-9,21H2,1H3/t10?,12-,13+,14?/m1/s1. The molecule has 1 aromatic rings. The molecule has 2 aliphatic rings. The minimum Gasteiger partial charge on any atom is -0.389 e. The van der Waals surface area contributed by atoms with Crippen molar-refractivity contribution in [2.45, 2.75) is 50.2 Å². The van der Waals surface area contributed by atoms with Crippen LogP contribution in [0.25, 0.3) is 0 Å². The lowest BCUT2D eigenvalue weighted by Crippen LogP contribution is -2.55. The van der Waals surface area contributed by atoms with Crippen LogP contribution in [0.1, 0.15) is 25.3 Å². The summed E-state index contributed by atoms with van der Waals surface area (Å²) >= 11 is 0. The molecule has 0 aliphatic carbocycles. The van der Waals surface area contributed by atoms with Gasteiger partial charge in [0.15, 0.2) is 0 Å². The maximum Gasteiger partial charge on any atom is 0.419 e. The first-order valence-corrected chi connectivity index (χ1v) is 9.16. The highest BCUT2D eigenvalue weighted by Gasteiger charge is 2.41. The number of aromatic nitrogens is 2. The van der Waals surface area contributed by atoms with Gasteiger partial charge in [-0.1, -0.05) is 0 Å². The van der Waals surface area contributed by atoms with Crippen molar-refractivity contribution in [2.75, 3.05) is 31.1 Å². The highest BCUT2D eigenvalue weighted by Crippen LogP contribution is 2.29. The average molecular weight is 403 g/mol. The molecule has 3 rings (SSSR count). The number of aliphatic hydroxyl groups is 1. The number of alkyl halides is 3. The summed E-state index contributed by atoms with van der Waals surface area (Å²) in [6.07, 6.45) is -3.46. The zero-order chi connectivity index (χ0) is 20.5. The number of aliphatic hydroxyl groups excluding tert-OH is 1. The molecule has 2 saturated heterocycles. The van der Waals surface area contributed by atoms with Crippen LogP contribution in [-0.2, 0) is 15.7 Å². The van der Waals surface area contributed by atoms with Gasteiger partial charge in [-0.15, -0.1) is 0 Å². The van der Waals surface area contributed by atoms with Gasteiger partial charge in [-0.3, -0.25) is 4.79 Å². The van der Waals surface area contributed by atoms with Gasteiger partial charge in [-0.05, 0) is 13.3 Å². The maximum absolute atomic E-state index is 12.6. The van der Waals surface area contributed by atoms with Crippen molar-refractivity contribution in [1.82, 2.24) is 14.9 Å². The number of hydrogen-bond donors (Lipinski definition) is 2. The molecule has 28 heavy (non-hydrogen) atoms. The van der Waals surface area contributed by atoms with E-state index >= 15 is 0 Å². The van der Waals surface area contributed by atoms with Crippen molar-refractivity contribution >= 4 is 11.9 Å². The van der Waals surface area contributed by atoms with Crippen LogP contribution in [-0.4, -0.2) is 76.4 Å². The van der Waals surface area contributed by atoms with Crippen LogP contribution in [0.3, 0.4) is 0 Å². The number of rotatable bonds is 5. The van der Waals surface area contributed by atoms with E-state index in [0.29, 0.717) is 25.9 Å². The Morgan fingerprint density at radius 2 is 2.00 bits per heavy atom. The maximum atomic E-state index is 12.6. The number of carbonyl (C=O) groups excluding carboxylic acids is 1. The Balaban J connectivity index is 1.59. The number of carbonyl (C=O) groups is 1. The van der Waals surface area contributed by atoms with Crippen molar-refractivity contribution < 1.29 is 27.8 Å². The molecule has 156 valence electrons. The van der Waals surface area contributed by atoms with E-state index in [2.05, 4.69) is 9.97 Å². The van der Waals surface area contributed by atoms with Gasteiger partial charge in [-0.2, -0.15) is 13.2 Å². The number of β-amino-alcohol motifs (C(OH)–C–C–N with tert-alkyl or cyclic N) is 1. The van der Waals surface area contributed by atoms with Crippen LogP contribution in [0.5, 0.6) is 0 Å². The summed E-state index contributed by atoms with van der Waals surface area (Å²) < 4.78 is 43.4. The van der Waals surface area contributed by atoms with Gasteiger partial charge in [-0.25, -0.2) is 9.97 Å². The molecular formula is C17H24F3N5O3. The van der Waals surface area contributed by atoms with Crippen molar-refractivity contribution in [3.63, 3.8) is 0 Å². The third-order valence-electron chi connectivity index (χ3n) is 4.95. The molecule has 4 atom stereocenters. The lowest BCUT2D eigenvalue weighted by Gasteiger charge is -2.40. The van der Waals surface area contributed by atoms with E-state index in [-0.39, 0.29) is 37.1 Å². The number of amides is 1. The van der Waals surface area contributed by atoms with E-state index < -0.39 is 23.9 Å². The normalized spacial score (nSPS) is 27.4. The van der Waals surface area contributed by atoms with E-state index in [4.69, 9.17) is 10.5 Å². The lowest BCUT2D eigenvalue weighted by atomic mass is 10.0. The van der Waals surface area contributed by atoms with Crippen molar-refractivity contribution in [2.24, 2.45) is 5.73 Å². The first-order chi connectivity index (χ1) is 13.2. The van der Waals surface area contributed by atoms with E-state index in [0.717, 1.165) is 12.4 Å². The van der Waals surface area contributed by atoms with E-state index in [9.17, 15) is 23.1 Å². The van der Waals surface area contributed by atoms with Gasteiger partial charge >= 0.3 is 6.18 Å². The minimum absolute atomic E-state index is 0.122. The van der Waals surface area contributed by atoms with Gasteiger partial charge in [0, 0.05) is 44.5 Å². The average Bonchev–Trinajstić information content (AvgIpc) is 3.00. The SMILES string of the molecule is CC(N)COC1CCN([C@@H]2CCN(c3ncc(C(F)(F)F)cn3)C[C@@H]2O)C1=O. The number of anilines is 1.